The van der Waals surface area contributed by atoms with Gasteiger partial charge in [0.1, 0.15) is 11.9 Å². The lowest BCUT2D eigenvalue weighted by molar-refractivity contribution is -0.274. The maximum absolute atomic E-state index is 12.1. The maximum atomic E-state index is 12.1. The predicted octanol–water partition coefficient (Wildman–Crippen LogP) is 3.00. The van der Waals surface area contributed by atoms with Crippen LogP contribution in [-0.4, -0.2) is 37.4 Å². The Morgan fingerprint density at radius 2 is 1.96 bits per heavy atom. The summed E-state index contributed by atoms with van der Waals surface area (Å²) in [7, 11) is 0. The van der Waals surface area contributed by atoms with E-state index in [1.807, 2.05) is 0 Å². The van der Waals surface area contributed by atoms with Gasteiger partial charge in [-0.2, -0.15) is 0 Å². The topological polar surface area (TPSA) is 78.1 Å². The lowest BCUT2D eigenvalue weighted by Crippen LogP contribution is -2.28. The molecule has 1 saturated carbocycles. The van der Waals surface area contributed by atoms with Crippen molar-refractivity contribution < 1.29 is 27.4 Å². The number of nitrogens with one attached hydrogen (secondary N) is 1. The Morgan fingerprint density at radius 3 is 2.60 bits per heavy atom. The van der Waals surface area contributed by atoms with Crippen LogP contribution in [0.25, 0.3) is 0 Å². The average Bonchev–Trinajstić information content (AvgIpc) is 3.16. The van der Waals surface area contributed by atoms with Crippen LogP contribution >= 0.6 is 0 Å². The highest BCUT2D eigenvalue weighted by atomic mass is 19.4. The molecule has 1 unspecified atom stereocenters. The number of nitrogens with zero attached hydrogens (tertiary/aromatic N) is 1. The van der Waals surface area contributed by atoms with E-state index in [0.29, 0.717) is 18.8 Å². The van der Waals surface area contributed by atoms with E-state index in [-0.39, 0.29) is 17.8 Å². The first-order chi connectivity index (χ1) is 11.8. The minimum absolute atomic E-state index is 0.138. The van der Waals surface area contributed by atoms with E-state index < -0.39 is 12.1 Å². The van der Waals surface area contributed by atoms with Crippen LogP contribution in [0, 0.1) is 0 Å². The van der Waals surface area contributed by atoms with Crippen LogP contribution in [0.2, 0.25) is 0 Å². The van der Waals surface area contributed by atoms with Gasteiger partial charge in [0.25, 0.3) is 0 Å². The van der Waals surface area contributed by atoms with E-state index >= 15 is 0 Å². The van der Waals surface area contributed by atoms with Gasteiger partial charge in [-0.15, -0.1) is 13.2 Å². The number of aliphatic imine (C=N–C) groups is 1. The number of ether oxygens (including phenoxy) is 3. The van der Waals surface area contributed by atoms with Crippen LogP contribution in [0.4, 0.5) is 18.9 Å². The van der Waals surface area contributed by atoms with Crippen molar-refractivity contribution in [3.63, 3.8) is 0 Å². The highest BCUT2D eigenvalue weighted by Gasteiger charge is 2.43. The molecule has 2 fully saturated rings. The first-order valence-electron chi connectivity index (χ1n) is 8.08. The summed E-state index contributed by atoms with van der Waals surface area (Å²) in [6.07, 6.45) is -0.821. The van der Waals surface area contributed by atoms with Crippen LogP contribution < -0.4 is 15.8 Å². The van der Waals surface area contributed by atoms with Gasteiger partial charge < -0.3 is 25.3 Å². The molecule has 1 saturated heterocycles. The molecule has 6 nitrogen and oxygen atoms in total. The molecule has 1 spiro atoms. The Bertz CT molecular complexity index is 613. The van der Waals surface area contributed by atoms with Gasteiger partial charge in [-0.1, -0.05) is 0 Å². The van der Waals surface area contributed by atoms with Crippen LogP contribution in [-0.2, 0) is 9.47 Å². The normalized spacial score (nSPS) is 23.2. The number of alkyl halides is 3. The monoisotopic (exact) mass is 359 g/mol. The number of rotatable bonds is 4. The number of halogens is 3. The van der Waals surface area contributed by atoms with Crippen LogP contribution in [0.5, 0.6) is 5.75 Å². The SMILES string of the molecule is NC(=NCC1COC2(CCCC2)O1)Nc1ccc(OC(F)(F)F)cc1. The van der Waals surface area contributed by atoms with Gasteiger partial charge >= 0.3 is 6.36 Å². The van der Waals surface area contributed by atoms with Crippen molar-refractivity contribution >= 4 is 11.6 Å². The molecule has 2 aliphatic rings. The summed E-state index contributed by atoms with van der Waals surface area (Å²) in [4.78, 5) is 4.20. The molecule has 138 valence electrons. The van der Waals surface area contributed by atoms with Gasteiger partial charge in [-0.3, -0.25) is 4.99 Å². The molecule has 9 heteroatoms. The summed E-state index contributed by atoms with van der Waals surface area (Å²) in [6.45, 7) is 0.843. The third-order valence-electron chi connectivity index (χ3n) is 4.10. The van der Waals surface area contributed by atoms with Gasteiger partial charge in [-0.05, 0) is 37.1 Å². The molecule has 3 N–H and O–H groups in total. The summed E-state index contributed by atoms with van der Waals surface area (Å²) in [6, 6.07) is 5.24. The minimum Gasteiger partial charge on any atom is -0.406 e. The van der Waals surface area contributed by atoms with Gasteiger partial charge in [0.15, 0.2) is 11.7 Å². The zero-order valence-corrected chi connectivity index (χ0v) is 13.5. The summed E-state index contributed by atoms with van der Waals surface area (Å²) in [5.41, 5.74) is 6.31. The number of hydrogen-bond acceptors (Lipinski definition) is 4. The quantitative estimate of drug-likeness (QED) is 0.638. The standard InChI is InChI=1S/C16H20F3N3O3/c17-16(18,19)25-12-5-3-11(4-6-12)22-14(20)21-9-13-10-23-15(24-13)7-1-2-8-15/h3-6,13H,1-2,7-10H2,(H3,20,21,22). The third-order valence-corrected chi connectivity index (χ3v) is 4.10. The summed E-state index contributed by atoms with van der Waals surface area (Å²) in [5, 5.41) is 2.81. The van der Waals surface area contributed by atoms with Gasteiger partial charge in [0.2, 0.25) is 0 Å². The maximum Gasteiger partial charge on any atom is 0.573 e. The molecule has 0 bridgehead atoms. The van der Waals surface area contributed by atoms with Crippen molar-refractivity contribution in [3.8, 4) is 5.75 Å². The summed E-state index contributed by atoms with van der Waals surface area (Å²) < 4.78 is 51.8. The number of benzene rings is 1. The van der Waals surface area contributed by atoms with Crippen molar-refractivity contribution in [1.29, 1.82) is 0 Å². The van der Waals surface area contributed by atoms with Crippen LogP contribution in [0.3, 0.4) is 0 Å². The summed E-state index contributed by atoms with van der Waals surface area (Å²) in [5.74, 6) is -0.580. The molecule has 1 atom stereocenters. The largest absolute Gasteiger partial charge is 0.573 e. The molecule has 0 amide bonds. The van der Waals surface area contributed by atoms with Crippen LogP contribution in [0.15, 0.2) is 29.3 Å². The molecular formula is C16H20F3N3O3. The zero-order valence-electron chi connectivity index (χ0n) is 13.5. The fourth-order valence-electron chi connectivity index (χ4n) is 3.01. The fourth-order valence-corrected chi connectivity index (χ4v) is 3.01. The average molecular weight is 359 g/mol. The van der Waals surface area contributed by atoms with E-state index in [9.17, 15) is 13.2 Å². The van der Waals surface area contributed by atoms with E-state index in [4.69, 9.17) is 15.2 Å². The first kappa shape index (κ1) is 17.8. The molecule has 1 aromatic rings. The van der Waals surface area contributed by atoms with E-state index in [0.717, 1.165) is 25.7 Å². The molecule has 25 heavy (non-hydrogen) atoms. The second-order valence-electron chi connectivity index (χ2n) is 6.09. The molecule has 1 aromatic carbocycles. The van der Waals surface area contributed by atoms with Crippen LogP contribution in [0.1, 0.15) is 25.7 Å². The second kappa shape index (κ2) is 7.09. The molecular weight excluding hydrogens is 339 g/mol. The number of nitrogens with two attached hydrogens (primary N) is 1. The number of hydrogen-bond donors (Lipinski definition) is 2. The molecule has 1 aliphatic heterocycles. The Kier molecular flexibility index (Phi) is 5.05. The molecule has 0 aromatic heterocycles. The highest BCUT2D eigenvalue weighted by molar-refractivity contribution is 5.92. The number of anilines is 1. The number of guanidine groups is 1. The molecule has 0 radical (unpaired) electrons. The molecule has 1 aliphatic carbocycles. The Hall–Kier alpha value is -2.00. The van der Waals surface area contributed by atoms with Gasteiger partial charge in [-0.25, -0.2) is 0 Å². The molecule has 3 rings (SSSR count). The Balaban J connectivity index is 1.48. The zero-order chi connectivity index (χ0) is 17.9. The van der Waals surface area contributed by atoms with Gasteiger partial charge in [0, 0.05) is 18.5 Å². The summed E-state index contributed by atoms with van der Waals surface area (Å²) >= 11 is 0. The first-order valence-corrected chi connectivity index (χ1v) is 8.08. The van der Waals surface area contributed by atoms with Crippen molar-refractivity contribution in [3.05, 3.63) is 24.3 Å². The van der Waals surface area contributed by atoms with Crippen molar-refractivity contribution in [2.75, 3.05) is 18.5 Å². The van der Waals surface area contributed by atoms with E-state index in [1.54, 1.807) is 0 Å². The smallest absolute Gasteiger partial charge is 0.406 e. The third kappa shape index (κ3) is 4.99. The predicted molar refractivity (Wildman–Crippen MR) is 85.3 cm³/mol. The fraction of sp³-hybridized carbons (Fsp3) is 0.562. The lowest BCUT2D eigenvalue weighted by atomic mass is 10.2. The van der Waals surface area contributed by atoms with Crippen molar-refractivity contribution in [2.45, 2.75) is 43.9 Å². The Labute approximate surface area is 143 Å². The van der Waals surface area contributed by atoms with E-state index in [1.165, 1.54) is 24.3 Å². The molecule has 1 heterocycles. The highest BCUT2D eigenvalue weighted by Crippen LogP contribution is 2.39. The van der Waals surface area contributed by atoms with E-state index in [2.05, 4.69) is 15.0 Å². The second-order valence-corrected chi connectivity index (χ2v) is 6.09. The lowest BCUT2D eigenvalue weighted by Gasteiger charge is -2.21. The minimum atomic E-state index is -4.71. The Morgan fingerprint density at radius 1 is 1.28 bits per heavy atom. The van der Waals surface area contributed by atoms with Crippen molar-refractivity contribution in [1.82, 2.24) is 0 Å². The van der Waals surface area contributed by atoms with Crippen molar-refractivity contribution in [2.24, 2.45) is 10.7 Å². The van der Waals surface area contributed by atoms with Gasteiger partial charge in [0.05, 0.1) is 13.2 Å².